The van der Waals surface area contributed by atoms with Gasteiger partial charge in [0.25, 0.3) is 0 Å². The standard InChI is InChI=1S/C9H10ClNO3/c1-13-9(12)7-3-2-6(5-14-11)4-8(7)10/h2-4H,5,11H2,1H3. The minimum absolute atomic E-state index is 0.251. The number of hydrogen-bond acceptors (Lipinski definition) is 4. The molecule has 0 heterocycles. The van der Waals surface area contributed by atoms with Crippen LogP contribution in [0.15, 0.2) is 18.2 Å². The zero-order valence-corrected chi connectivity index (χ0v) is 8.38. The Bertz CT molecular complexity index is 341. The molecular formula is C9H10ClNO3. The van der Waals surface area contributed by atoms with Gasteiger partial charge in [0.05, 0.1) is 24.3 Å². The molecule has 0 unspecified atom stereocenters. The average molecular weight is 216 g/mol. The molecule has 0 spiro atoms. The van der Waals surface area contributed by atoms with E-state index in [1.807, 2.05) is 0 Å². The summed E-state index contributed by atoms with van der Waals surface area (Å²) >= 11 is 5.84. The first-order valence-electron chi connectivity index (χ1n) is 3.87. The fourth-order valence-corrected chi connectivity index (χ4v) is 1.30. The highest BCUT2D eigenvalue weighted by Gasteiger charge is 2.10. The van der Waals surface area contributed by atoms with E-state index in [1.165, 1.54) is 7.11 Å². The third kappa shape index (κ3) is 2.45. The van der Waals surface area contributed by atoms with Gasteiger partial charge >= 0.3 is 5.97 Å². The van der Waals surface area contributed by atoms with E-state index in [2.05, 4.69) is 9.57 Å². The summed E-state index contributed by atoms with van der Waals surface area (Å²) in [4.78, 5) is 15.6. The lowest BCUT2D eigenvalue weighted by molar-refractivity contribution is 0.0601. The summed E-state index contributed by atoms with van der Waals surface area (Å²) in [6.07, 6.45) is 0. The molecule has 0 saturated carbocycles. The summed E-state index contributed by atoms with van der Waals surface area (Å²) in [5, 5.41) is 0.325. The summed E-state index contributed by atoms with van der Waals surface area (Å²) in [6, 6.07) is 4.88. The van der Waals surface area contributed by atoms with Gasteiger partial charge in [-0.05, 0) is 17.7 Å². The van der Waals surface area contributed by atoms with Gasteiger partial charge < -0.3 is 4.74 Å². The fourth-order valence-electron chi connectivity index (χ4n) is 1.02. The van der Waals surface area contributed by atoms with Crippen LogP contribution in [-0.2, 0) is 16.2 Å². The average Bonchev–Trinajstić information content (AvgIpc) is 2.17. The predicted octanol–water partition coefficient (Wildman–Crippen LogP) is 1.52. The van der Waals surface area contributed by atoms with Crippen molar-refractivity contribution in [1.29, 1.82) is 0 Å². The molecule has 2 N–H and O–H groups in total. The molecule has 0 saturated heterocycles. The van der Waals surface area contributed by atoms with Crippen molar-refractivity contribution in [2.24, 2.45) is 5.90 Å². The summed E-state index contributed by atoms with van der Waals surface area (Å²) in [7, 11) is 1.30. The Morgan fingerprint density at radius 3 is 2.79 bits per heavy atom. The van der Waals surface area contributed by atoms with E-state index in [9.17, 15) is 4.79 Å². The number of halogens is 1. The molecule has 0 aromatic heterocycles. The van der Waals surface area contributed by atoms with Gasteiger partial charge in [0.2, 0.25) is 0 Å². The number of nitrogens with two attached hydrogens (primary N) is 1. The van der Waals surface area contributed by atoms with E-state index in [-0.39, 0.29) is 6.61 Å². The molecule has 0 fully saturated rings. The maximum atomic E-state index is 11.1. The molecular weight excluding hydrogens is 206 g/mol. The molecule has 14 heavy (non-hydrogen) atoms. The molecule has 4 nitrogen and oxygen atoms in total. The van der Waals surface area contributed by atoms with Gasteiger partial charge in [0.15, 0.2) is 0 Å². The van der Waals surface area contributed by atoms with Crippen LogP contribution in [0.1, 0.15) is 15.9 Å². The third-order valence-electron chi connectivity index (χ3n) is 1.69. The van der Waals surface area contributed by atoms with Crippen molar-refractivity contribution in [3.05, 3.63) is 34.3 Å². The molecule has 0 bridgehead atoms. The molecule has 0 atom stereocenters. The van der Waals surface area contributed by atoms with Crippen molar-refractivity contribution in [2.45, 2.75) is 6.61 Å². The van der Waals surface area contributed by atoms with Gasteiger partial charge in [-0.15, -0.1) is 0 Å². The first-order valence-corrected chi connectivity index (χ1v) is 4.25. The van der Waals surface area contributed by atoms with E-state index in [0.29, 0.717) is 10.6 Å². The van der Waals surface area contributed by atoms with Gasteiger partial charge in [-0.1, -0.05) is 17.7 Å². The lowest BCUT2D eigenvalue weighted by Gasteiger charge is -2.04. The molecule has 1 aromatic rings. The molecule has 0 aliphatic carbocycles. The van der Waals surface area contributed by atoms with Crippen molar-refractivity contribution in [3.8, 4) is 0 Å². The Hall–Kier alpha value is -1.10. The number of carbonyl (C=O) groups excluding carboxylic acids is 1. The molecule has 0 amide bonds. The van der Waals surface area contributed by atoms with Crippen molar-refractivity contribution in [3.63, 3.8) is 0 Å². The van der Waals surface area contributed by atoms with Crippen LogP contribution in [0, 0.1) is 0 Å². The van der Waals surface area contributed by atoms with E-state index >= 15 is 0 Å². The lowest BCUT2D eigenvalue weighted by atomic mass is 10.1. The van der Waals surface area contributed by atoms with Crippen LogP contribution in [0.25, 0.3) is 0 Å². The maximum Gasteiger partial charge on any atom is 0.339 e. The van der Waals surface area contributed by atoms with Gasteiger partial charge in [-0.25, -0.2) is 10.7 Å². The molecule has 1 rings (SSSR count). The van der Waals surface area contributed by atoms with Crippen LogP contribution in [-0.4, -0.2) is 13.1 Å². The summed E-state index contributed by atoms with van der Waals surface area (Å²) in [6.45, 7) is 0.251. The van der Waals surface area contributed by atoms with Crippen LogP contribution in [0.5, 0.6) is 0 Å². The van der Waals surface area contributed by atoms with Crippen LogP contribution in [0.4, 0.5) is 0 Å². The quantitative estimate of drug-likeness (QED) is 0.614. The van der Waals surface area contributed by atoms with Crippen LogP contribution < -0.4 is 5.90 Å². The highest BCUT2D eigenvalue weighted by molar-refractivity contribution is 6.33. The molecule has 76 valence electrons. The highest BCUT2D eigenvalue weighted by atomic mass is 35.5. The smallest absolute Gasteiger partial charge is 0.339 e. The Labute approximate surface area is 86.5 Å². The SMILES string of the molecule is COC(=O)c1ccc(CON)cc1Cl. The summed E-state index contributed by atoms with van der Waals surface area (Å²) in [5.41, 5.74) is 1.13. The normalized spacial score (nSPS) is 9.93. The van der Waals surface area contributed by atoms with E-state index in [1.54, 1.807) is 18.2 Å². The second-order valence-corrected chi connectivity index (χ2v) is 3.02. The number of rotatable bonds is 3. The maximum absolute atomic E-state index is 11.1. The predicted molar refractivity (Wildman–Crippen MR) is 51.8 cm³/mol. The number of hydrogen-bond donors (Lipinski definition) is 1. The lowest BCUT2D eigenvalue weighted by Crippen LogP contribution is -2.04. The van der Waals surface area contributed by atoms with E-state index in [4.69, 9.17) is 17.5 Å². The van der Waals surface area contributed by atoms with Crippen LogP contribution in [0.2, 0.25) is 5.02 Å². The Morgan fingerprint density at radius 1 is 1.57 bits per heavy atom. The zero-order chi connectivity index (χ0) is 10.6. The largest absolute Gasteiger partial charge is 0.465 e. The van der Waals surface area contributed by atoms with Crippen molar-refractivity contribution in [1.82, 2.24) is 0 Å². The second kappa shape index (κ2) is 4.95. The minimum Gasteiger partial charge on any atom is -0.465 e. The molecule has 5 heteroatoms. The minimum atomic E-state index is -0.463. The molecule has 0 radical (unpaired) electrons. The zero-order valence-electron chi connectivity index (χ0n) is 7.62. The van der Waals surface area contributed by atoms with Crippen molar-refractivity contribution in [2.75, 3.05) is 7.11 Å². The van der Waals surface area contributed by atoms with E-state index < -0.39 is 5.97 Å². The molecule has 0 aliphatic rings. The first-order chi connectivity index (χ1) is 6.69. The number of benzene rings is 1. The number of carbonyl (C=O) groups is 1. The second-order valence-electron chi connectivity index (χ2n) is 2.62. The van der Waals surface area contributed by atoms with Crippen molar-refractivity contribution < 1.29 is 14.4 Å². The van der Waals surface area contributed by atoms with Gasteiger partial charge in [-0.3, -0.25) is 4.84 Å². The Morgan fingerprint density at radius 2 is 2.29 bits per heavy atom. The van der Waals surface area contributed by atoms with Gasteiger partial charge in [0.1, 0.15) is 0 Å². The Kier molecular flexibility index (Phi) is 3.88. The Balaban J connectivity index is 2.95. The van der Waals surface area contributed by atoms with Gasteiger partial charge in [0, 0.05) is 0 Å². The summed E-state index contributed by atoms with van der Waals surface area (Å²) in [5.74, 6) is 4.44. The fraction of sp³-hybridized carbons (Fsp3) is 0.222. The number of ether oxygens (including phenoxy) is 1. The third-order valence-corrected chi connectivity index (χ3v) is 2.00. The summed E-state index contributed by atoms with van der Waals surface area (Å²) < 4.78 is 4.54. The molecule has 1 aromatic carbocycles. The van der Waals surface area contributed by atoms with Gasteiger partial charge in [-0.2, -0.15) is 0 Å². The number of esters is 1. The van der Waals surface area contributed by atoms with E-state index in [0.717, 1.165) is 5.56 Å². The molecule has 0 aliphatic heterocycles. The van der Waals surface area contributed by atoms with Crippen LogP contribution in [0.3, 0.4) is 0 Å². The monoisotopic (exact) mass is 215 g/mol. The van der Waals surface area contributed by atoms with Crippen LogP contribution >= 0.6 is 11.6 Å². The number of methoxy groups -OCH3 is 1. The highest BCUT2D eigenvalue weighted by Crippen LogP contribution is 2.18. The topological polar surface area (TPSA) is 61.5 Å². The first kappa shape index (κ1) is 11.0. The van der Waals surface area contributed by atoms with Crippen molar-refractivity contribution >= 4 is 17.6 Å².